The molecule has 0 heterocycles. The van der Waals surface area contributed by atoms with E-state index >= 15 is 0 Å². The Kier molecular flexibility index (Phi) is 13.2. The van der Waals surface area contributed by atoms with Crippen LogP contribution in [0.15, 0.2) is 0 Å². The zero-order valence-electron chi connectivity index (χ0n) is 13.2. The summed E-state index contributed by atoms with van der Waals surface area (Å²) in [6.45, 7) is 3.02. The Labute approximate surface area is 138 Å². The van der Waals surface area contributed by atoms with Gasteiger partial charge in [0.25, 0.3) is 0 Å². The molecule has 0 spiro atoms. The largest absolute Gasteiger partial charge is 0.455 e. The van der Waals surface area contributed by atoms with Gasteiger partial charge in [0, 0.05) is 17.7 Å². The molecule has 0 aromatic rings. The average Bonchev–Trinajstić information content (AvgIpc) is 2.43. The molecule has 21 heavy (non-hydrogen) atoms. The van der Waals surface area contributed by atoms with Crippen LogP contribution in [0.2, 0.25) is 0 Å². The smallest absolute Gasteiger partial charge is 0.306 e. The molecule has 5 heteroatoms. The van der Waals surface area contributed by atoms with Crippen molar-refractivity contribution in [2.45, 2.75) is 83.1 Å². The van der Waals surface area contributed by atoms with Crippen molar-refractivity contribution < 1.29 is 14.3 Å². The van der Waals surface area contributed by atoms with Crippen molar-refractivity contribution in [1.29, 1.82) is 0 Å². The third-order valence-electron chi connectivity index (χ3n) is 3.43. The lowest BCUT2D eigenvalue weighted by Crippen LogP contribution is -2.21. The molecule has 0 aliphatic carbocycles. The number of esters is 1. The van der Waals surface area contributed by atoms with Crippen molar-refractivity contribution >= 4 is 35.0 Å². The maximum Gasteiger partial charge on any atom is 0.306 e. The summed E-state index contributed by atoms with van der Waals surface area (Å²) in [5.41, 5.74) is 0. The molecular formula is C16H28Cl2O3. The SMILES string of the molecule is CC(=O)C(C)OC(=O)CCCCC(Cl)CCCCCCCl. The number of ketones is 1. The second kappa shape index (κ2) is 13.4. The summed E-state index contributed by atoms with van der Waals surface area (Å²) in [5, 5.41) is 0.188. The number of hydrogen-bond donors (Lipinski definition) is 0. The van der Waals surface area contributed by atoms with Crippen LogP contribution in [0.3, 0.4) is 0 Å². The predicted molar refractivity (Wildman–Crippen MR) is 88.1 cm³/mol. The third kappa shape index (κ3) is 13.1. The molecule has 2 unspecified atom stereocenters. The molecule has 0 aliphatic rings. The topological polar surface area (TPSA) is 43.4 Å². The molecule has 0 amide bonds. The van der Waals surface area contributed by atoms with Gasteiger partial charge in [-0.1, -0.05) is 25.7 Å². The highest BCUT2D eigenvalue weighted by molar-refractivity contribution is 6.20. The van der Waals surface area contributed by atoms with Crippen molar-refractivity contribution in [2.24, 2.45) is 0 Å². The molecule has 3 nitrogen and oxygen atoms in total. The van der Waals surface area contributed by atoms with E-state index in [1.165, 1.54) is 19.8 Å². The van der Waals surface area contributed by atoms with Crippen molar-refractivity contribution in [3.8, 4) is 0 Å². The Morgan fingerprint density at radius 2 is 1.57 bits per heavy atom. The zero-order valence-corrected chi connectivity index (χ0v) is 14.7. The lowest BCUT2D eigenvalue weighted by atomic mass is 10.1. The molecule has 2 atom stereocenters. The van der Waals surface area contributed by atoms with E-state index < -0.39 is 6.10 Å². The fraction of sp³-hybridized carbons (Fsp3) is 0.875. The number of carbonyl (C=O) groups excluding carboxylic acids is 2. The Bertz CT molecular complexity index is 295. The Morgan fingerprint density at radius 3 is 2.14 bits per heavy atom. The Morgan fingerprint density at radius 1 is 1.00 bits per heavy atom. The van der Waals surface area contributed by atoms with Crippen LogP contribution in [-0.4, -0.2) is 29.1 Å². The molecule has 0 bridgehead atoms. The van der Waals surface area contributed by atoms with Crippen molar-refractivity contribution in [3.63, 3.8) is 0 Å². The maximum atomic E-state index is 11.5. The minimum atomic E-state index is -0.633. The van der Waals surface area contributed by atoms with Crippen molar-refractivity contribution in [3.05, 3.63) is 0 Å². The number of unbranched alkanes of at least 4 members (excludes halogenated alkanes) is 4. The summed E-state index contributed by atoms with van der Waals surface area (Å²) in [6, 6.07) is 0. The van der Waals surface area contributed by atoms with Crippen molar-refractivity contribution in [2.75, 3.05) is 5.88 Å². The first-order valence-corrected chi connectivity index (χ1v) is 8.84. The zero-order chi connectivity index (χ0) is 16.1. The van der Waals surface area contributed by atoms with Crippen LogP contribution in [0.25, 0.3) is 0 Å². The number of hydrogen-bond acceptors (Lipinski definition) is 3. The Hall–Kier alpha value is -0.280. The molecule has 0 aromatic carbocycles. The number of alkyl halides is 2. The molecule has 0 rings (SSSR count). The van der Waals surface area contributed by atoms with Crippen LogP contribution >= 0.6 is 23.2 Å². The molecule has 0 fully saturated rings. The van der Waals surface area contributed by atoms with Gasteiger partial charge in [0.1, 0.15) is 0 Å². The number of Topliss-reactive ketones (excluding diaryl/α,β-unsaturated/α-hetero) is 1. The van der Waals surface area contributed by atoms with Gasteiger partial charge in [-0.3, -0.25) is 9.59 Å². The number of ether oxygens (including phenoxy) is 1. The van der Waals surface area contributed by atoms with Gasteiger partial charge in [-0.15, -0.1) is 23.2 Å². The summed E-state index contributed by atoms with van der Waals surface area (Å²) in [6.07, 6.45) is 7.93. The minimum absolute atomic E-state index is 0.127. The van der Waals surface area contributed by atoms with Gasteiger partial charge in [0.15, 0.2) is 11.9 Å². The van der Waals surface area contributed by atoms with Gasteiger partial charge in [-0.2, -0.15) is 0 Å². The second-order valence-electron chi connectivity index (χ2n) is 5.48. The first kappa shape index (κ1) is 20.7. The average molecular weight is 339 g/mol. The third-order valence-corrected chi connectivity index (χ3v) is 4.13. The van der Waals surface area contributed by atoms with Gasteiger partial charge in [-0.05, 0) is 39.5 Å². The van der Waals surface area contributed by atoms with Gasteiger partial charge in [0.2, 0.25) is 0 Å². The van der Waals surface area contributed by atoms with E-state index in [9.17, 15) is 9.59 Å². The molecule has 0 saturated heterocycles. The summed E-state index contributed by atoms with van der Waals surface area (Å²) < 4.78 is 4.99. The summed E-state index contributed by atoms with van der Waals surface area (Å²) in [4.78, 5) is 22.4. The van der Waals surface area contributed by atoms with E-state index in [2.05, 4.69) is 0 Å². The monoisotopic (exact) mass is 338 g/mol. The van der Waals surface area contributed by atoms with Crippen LogP contribution in [0.1, 0.15) is 71.6 Å². The van der Waals surface area contributed by atoms with Crippen molar-refractivity contribution in [1.82, 2.24) is 0 Å². The van der Waals surface area contributed by atoms with Gasteiger partial charge < -0.3 is 4.74 Å². The minimum Gasteiger partial charge on any atom is -0.455 e. The highest BCUT2D eigenvalue weighted by Gasteiger charge is 2.13. The van der Waals surface area contributed by atoms with Gasteiger partial charge in [-0.25, -0.2) is 0 Å². The summed E-state index contributed by atoms with van der Waals surface area (Å²) in [7, 11) is 0. The molecule has 0 aromatic heterocycles. The highest BCUT2D eigenvalue weighted by atomic mass is 35.5. The molecule has 0 aliphatic heterocycles. The fourth-order valence-corrected chi connectivity index (χ4v) is 2.43. The van der Waals surface area contributed by atoms with Crippen LogP contribution in [-0.2, 0) is 14.3 Å². The first-order chi connectivity index (χ1) is 9.97. The summed E-state index contributed by atoms with van der Waals surface area (Å²) in [5.74, 6) is 0.311. The van der Waals surface area contributed by atoms with E-state index in [1.54, 1.807) is 6.92 Å². The van der Waals surface area contributed by atoms with Crippen LogP contribution < -0.4 is 0 Å². The molecule has 0 saturated carbocycles. The van der Waals surface area contributed by atoms with E-state index in [1.807, 2.05) is 0 Å². The van der Waals surface area contributed by atoms with E-state index in [-0.39, 0.29) is 17.1 Å². The quantitative estimate of drug-likeness (QED) is 0.273. The fourth-order valence-electron chi connectivity index (χ4n) is 1.93. The number of halogens is 2. The molecule has 124 valence electrons. The van der Waals surface area contributed by atoms with Crippen LogP contribution in [0.5, 0.6) is 0 Å². The Balaban J connectivity index is 3.48. The lowest BCUT2D eigenvalue weighted by molar-refractivity contribution is -0.153. The first-order valence-electron chi connectivity index (χ1n) is 7.87. The molecular weight excluding hydrogens is 311 g/mol. The lowest BCUT2D eigenvalue weighted by Gasteiger charge is -2.11. The standard InChI is InChI=1S/C16H28Cl2O3/c1-13(19)14(2)21-16(20)11-7-6-10-15(18)9-5-3-4-8-12-17/h14-15H,3-12H2,1-2H3. The van der Waals surface area contributed by atoms with Gasteiger partial charge in [0.05, 0.1) is 0 Å². The van der Waals surface area contributed by atoms with E-state index in [4.69, 9.17) is 27.9 Å². The normalized spacial score (nSPS) is 13.7. The van der Waals surface area contributed by atoms with Crippen LogP contribution in [0.4, 0.5) is 0 Å². The van der Waals surface area contributed by atoms with Gasteiger partial charge >= 0.3 is 5.97 Å². The number of carbonyl (C=O) groups is 2. The van der Waals surface area contributed by atoms with Crippen LogP contribution in [0, 0.1) is 0 Å². The maximum absolute atomic E-state index is 11.5. The molecule has 0 radical (unpaired) electrons. The molecule has 0 N–H and O–H groups in total. The summed E-state index contributed by atoms with van der Waals surface area (Å²) >= 11 is 11.9. The van der Waals surface area contributed by atoms with E-state index in [0.29, 0.717) is 6.42 Å². The second-order valence-corrected chi connectivity index (χ2v) is 6.47. The van der Waals surface area contributed by atoms with E-state index in [0.717, 1.165) is 44.4 Å². The number of rotatable bonds is 13. The highest BCUT2D eigenvalue weighted by Crippen LogP contribution is 2.17. The predicted octanol–water partition coefficient (Wildman–Crippen LogP) is 4.86.